The largest absolute Gasteiger partial charge is 0.388 e. The zero-order chi connectivity index (χ0) is 15.2. The van der Waals surface area contributed by atoms with Crippen LogP contribution in [0.25, 0.3) is 0 Å². The first-order valence-corrected chi connectivity index (χ1v) is 6.91. The molecule has 21 heavy (non-hydrogen) atoms. The van der Waals surface area contributed by atoms with E-state index in [1.54, 1.807) is 12.1 Å². The van der Waals surface area contributed by atoms with E-state index in [0.717, 1.165) is 22.4 Å². The topological polar surface area (TPSA) is 61.4 Å². The summed E-state index contributed by atoms with van der Waals surface area (Å²) in [7, 11) is 0. The quantitative estimate of drug-likeness (QED) is 0.740. The minimum absolute atomic E-state index is 0.0157. The maximum atomic E-state index is 11.8. The van der Waals surface area contributed by atoms with E-state index < -0.39 is 6.10 Å². The van der Waals surface area contributed by atoms with Gasteiger partial charge in [-0.1, -0.05) is 36.4 Å². The summed E-state index contributed by atoms with van der Waals surface area (Å²) < 4.78 is 0. The molecule has 1 unspecified atom stereocenters. The molecule has 2 aromatic rings. The van der Waals surface area contributed by atoms with Crippen molar-refractivity contribution >= 4 is 11.6 Å². The molecule has 3 N–H and O–H groups in total. The Balaban J connectivity index is 1.87. The second-order valence-electron chi connectivity index (χ2n) is 5.18. The van der Waals surface area contributed by atoms with Gasteiger partial charge in [0.2, 0.25) is 5.91 Å². The Morgan fingerprint density at radius 2 is 1.71 bits per heavy atom. The zero-order valence-electron chi connectivity index (χ0n) is 12.3. The van der Waals surface area contributed by atoms with Crippen LogP contribution in [0.3, 0.4) is 0 Å². The molecule has 0 aliphatic carbocycles. The number of rotatable bonds is 5. The lowest BCUT2D eigenvalue weighted by molar-refractivity contribution is -0.122. The summed E-state index contributed by atoms with van der Waals surface area (Å²) in [5.74, 6) is -0.259. The smallest absolute Gasteiger partial charge is 0.241 e. The Labute approximate surface area is 124 Å². The van der Waals surface area contributed by atoms with Crippen LogP contribution in [0.15, 0.2) is 48.5 Å². The standard InChI is InChI=1S/C17H20N2O2/c1-12-8-13(2)10-15(9-12)18-19-17(21)11-16(20)14-6-4-3-5-7-14/h3-10,16,18,20H,11H2,1-2H3,(H,19,21). The summed E-state index contributed by atoms with van der Waals surface area (Å²) >= 11 is 0. The number of hydrogen-bond donors (Lipinski definition) is 3. The number of aliphatic hydroxyl groups excluding tert-OH is 1. The fraction of sp³-hybridized carbons (Fsp3) is 0.235. The molecule has 1 amide bonds. The number of carbonyl (C=O) groups is 1. The normalized spacial score (nSPS) is 11.8. The average molecular weight is 284 g/mol. The van der Waals surface area contributed by atoms with Crippen molar-refractivity contribution in [3.8, 4) is 0 Å². The molecular weight excluding hydrogens is 264 g/mol. The van der Waals surface area contributed by atoms with Crippen LogP contribution in [-0.4, -0.2) is 11.0 Å². The molecule has 0 saturated carbocycles. The molecular formula is C17H20N2O2. The number of aryl methyl sites for hydroxylation is 2. The summed E-state index contributed by atoms with van der Waals surface area (Å²) in [6, 6.07) is 15.1. The Hall–Kier alpha value is -2.33. The second kappa shape index (κ2) is 6.90. The van der Waals surface area contributed by atoms with E-state index in [4.69, 9.17) is 0 Å². The molecule has 4 nitrogen and oxygen atoms in total. The van der Waals surface area contributed by atoms with Crippen LogP contribution in [0.2, 0.25) is 0 Å². The second-order valence-corrected chi connectivity index (χ2v) is 5.18. The fourth-order valence-corrected chi connectivity index (χ4v) is 2.21. The van der Waals surface area contributed by atoms with E-state index in [1.807, 2.05) is 44.2 Å². The van der Waals surface area contributed by atoms with Crippen molar-refractivity contribution in [3.05, 3.63) is 65.2 Å². The van der Waals surface area contributed by atoms with Crippen molar-refractivity contribution in [1.29, 1.82) is 0 Å². The minimum Gasteiger partial charge on any atom is -0.388 e. The molecule has 0 aliphatic rings. The van der Waals surface area contributed by atoms with Crippen LogP contribution in [0.5, 0.6) is 0 Å². The minimum atomic E-state index is -0.799. The summed E-state index contributed by atoms with van der Waals surface area (Å²) in [5.41, 5.74) is 9.28. The maximum Gasteiger partial charge on any atom is 0.241 e. The Morgan fingerprint density at radius 1 is 1.10 bits per heavy atom. The van der Waals surface area contributed by atoms with Crippen molar-refractivity contribution in [2.75, 3.05) is 5.43 Å². The molecule has 0 saturated heterocycles. The number of benzene rings is 2. The third-order valence-electron chi connectivity index (χ3n) is 3.13. The van der Waals surface area contributed by atoms with Crippen molar-refractivity contribution in [1.82, 2.24) is 5.43 Å². The summed E-state index contributed by atoms with van der Waals surface area (Å²) in [5, 5.41) is 9.99. The van der Waals surface area contributed by atoms with Crippen LogP contribution in [0.4, 0.5) is 5.69 Å². The van der Waals surface area contributed by atoms with Crippen LogP contribution < -0.4 is 10.9 Å². The highest BCUT2D eigenvalue weighted by Gasteiger charge is 2.12. The maximum absolute atomic E-state index is 11.8. The van der Waals surface area contributed by atoms with E-state index in [9.17, 15) is 9.90 Å². The number of hydrazine groups is 1. The zero-order valence-corrected chi connectivity index (χ0v) is 12.3. The molecule has 0 bridgehead atoms. The van der Waals surface area contributed by atoms with E-state index >= 15 is 0 Å². The molecule has 1 atom stereocenters. The van der Waals surface area contributed by atoms with Gasteiger partial charge in [0.15, 0.2) is 0 Å². The van der Waals surface area contributed by atoms with Gasteiger partial charge in [-0.25, -0.2) is 0 Å². The van der Waals surface area contributed by atoms with E-state index in [2.05, 4.69) is 16.9 Å². The molecule has 0 aromatic heterocycles. The Morgan fingerprint density at radius 3 is 2.33 bits per heavy atom. The van der Waals surface area contributed by atoms with Crippen molar-refractivity contribution in [2.24, 2.45) is 0 Å². The molecule has 0 radical (unpaired) electrons. The number of hydrogen-bond acceptors (Lipinski definition) is 3. The molecule has 0 aliphatic heterocycles. The third-order valence-corrected chi connectivity index (χ3v) is 3.13. The molecule has 110 valence electrons. The highest BCUT2D eigenvalue weighted by atomic mass is 16.3. The van der Waals surface area contributed by atoms with Gasteiger partial charge in [0.05, 0.1) is 18.2 Å². The van der Waals surface area contributed by atoms with E-state index in [-0.39, 0.29) is 12.3 Å². The lowest BCUT2D eigenvalue weighted by atomic mass is 10.1. The van der Waals surface area contributed by atoms with Gasteiger partial charge in [-0.3, -0.25) is 15.6 Å². The summed E-state index contributed by atoms with van der Waals surface area (Å²) in [4.78, 5) is 11.8. The van der Waals surface area contributed by atoms with Crippen LogP contribution in [0, 0.1) is 13.8 Å². The fourth-order valence-electron chi connectivity index (χ4n) is 2.21. The van der Waals surface area contributed by atoms with Crippen molar-refractivity contribution in [3.63, 3.8) is 0 Å². The lowest BCUT2D eigenvalue weighted by Gasteiger charge is -2.13. The molecule has 0 fully saturated rings. The Kier molecular flexibility index (Phi) is 4.95. The predicted molar refractivity (Wildman–Crippen MR) is 83.7 cm³/mol. The van der Waals surface area contributed by atoms with Gasteiger partial charge in [-0.15, -0.1) is 0 Å². The van der Waals surface area contributed by atoms with Gasteiger partial charge in [-0.2, -0.15) is 0 Å². The van der Waals surface area contributed by atoms with Gasteiger partial charge >= 0.3 is 0 Å². The van der Waals surface area contributed by atoms with Gasteiger partial charge in [-0.05, 0) is 42.7 Å². The first-order valence-electron chi connectivity index (χ1n) is 6.91. The highest BCUT2D eigenvalue weighted by Crippen LogP contribution is 2.16. The van der Waals surface area contributed by atoms with E-state index in [0.29, 0.717) is 0 Å². The third kappa shape index (κ3) is 4.61. The number of amides is 1. The Bertz CT molecular complexity index is 591. The summed E-state index contributed by atoms with van der Waals surface area (Å²) in [6.07, 6.45) is -0.783. The molecule has 4 heteroatoms. The molecule has 0 heterocycles. The van der Waals surface area contributed by atoms with E-state index in [1.165, 1.54) is 0 Å². The van der Waals surface area contributed by atoms with Crippen molar-refractivity contribution < 1.29 is 9.90 Å². The number of aliphatic hydroxyl groups is 1. The van der Waals surface area contributed by atoms with Gasteiger partial charge < -0.3 is 5.11 Å². The lowest BCUT2D eigenvalue weighted by Crippen LogP contribution is -2.30. The SMILES string of the molecule is Cc1cc(C)cc(NNC(=O)CC(O)c2ccccc2)c1. The first kappa shape index (κ1) is 15.1. The molecule has 2 aromatic carbocycles. The van der Waals surface area contributed by atoms with Crippen LogP contribution in [-0.2, 0) is 4.79 Å². The van der Waals surface area contributed by atoms with Gasteiger partial charge in [0, 0.05) is 0 Å². The number of nitrogens with one attached hydrogen (secondary N) is 2. The van der Waals surface area contributed by atoms with Crippen LogP contribution in [0.1, 0.15) is 29.2 Å². The summed E-state index contributed by atoms with van der Waals surface area (Å²) in [6.45, 7) is 4.00. The van der Waals surface area contributed by atoms with Gasteiger partial charge in [0.1, 0.15) is 0 Å². The van der Waals surface area contributed by atoms with Crippen molar-refractivity contribution in [2.45, 2.75) is 26.4 Å². The van der Waals surface area contributed by atoms with Crippen LogP contribution >= 0.6 is 0 Å². The highest BCUT2D eigenvalue weighted by molar-refractivity contribution is 5.78. The van der Waals surface area contributed by atoms with Gasteiger partial charge in [0.25, 0.3) is 0 Å². The monoisotopic (exact) mass is 284 g/mol. The number of carbonyl (C=O) groups excluding carboxylic acids is 1. The molecule has 2 rings (SSSR count). The predicted octanol–water partition coefficient (Wildman–Crippen LogP) is 2.87. The molecule has 0 spiro atoms. The number of anilines is 1. The average Bonchev–Trinajstić information content (AvgIpc) is 2.45. The first-order chi connectivity index (χ1) is 10.0.